The number of carbonyl (C=O) groups excluding carboxylic acids is 1. The van der Waals surface area contributed by atoms with Crippen molar-refractivity contribution in [1.82, 2.24) is 19.8 Å². The average molecular weight is 352 g/mol. The van der Waals surface area contributed by atoms with Crippen LogP contribution in [-0.4, -0.2) is 69.5 Å². The summed E-state index contributed by atoms with van der Waals surface area (Å²) in [6.45, 7) is 3.34. The van der Waals surface area contributed by atoms with Gasteiger partial charge in [-0.15, -0.1) is 0 Å². The molecule has 1 aromatic carbocycles. The summed E-state index contributed by atoms with van der Waals surface area (Å²) in [4.78, 5) is 35.3. The number of benzene rings is 1. The average Bonchev–Trinajstić information content (AvgIpc) is 2.69. The first kappa shape index (κ1) is 17.8. The predicted molar refractivity (Wildman–Crippen MR) is 96.8 cm³/mol. The van der Waals surface area contributed by atoms with Crippen LogP contribution >= 0.6 is 0 Å². The second-order valence-electron chi connectivity index (χ2n) is 5.96. The maximum absolute atomic E-state index is 12.6. The third-order valence-electron chi connectivity index (χ3n) is 4.24. The summed E-state index contributed by atoms with van der Waals surface area (Å²) >= 11 is 0. The molecule has 1 amide bonds. The Balaban J connectivity index is 1.54. The number of amides is 1. The molecule has 0 spiro atoms. The number of carbonyl (C=O) groups is 2. The summed E-state index contributed by atoms with van der Waals surface area (Å²) in [5, 5.41) is 9.16. The van der Waals surface area contributed by atoms with Crippen LogP contribution < -0.4 is 0 Å². The minimum Gasteiger partial charge on any atom is -0.476 e. The topological polar surface area (TPSA) is 86.6 Å². The van der Waals surface area contributed by atoms with Crippen LogP contribution in [0.1, 0.15) is 26.5 Å². The Bertz CT molecular complexity index is 799. The summed E-state index contributed by atoms with van der Waals surface area (Å²) in [7, 11) is 0. The van der Waals surface area contributed by atoms with Crippen LogP contribution in [0.15, 0.2) is 48.8 Å². The zero-order valence-corrected chi connectivity index (χ0v) is 14.3. The van der Waals surface area contributed by atoms with Gasteiger partial charge in [-0.2, -0.15) is 0 Å². The summed E-state index contributed by atoms with van der Waals surface area (Å²) < 4.78 is 0. The number of piperazine rings is 1. The molecule has 2 heterocycles. The van der Waals surface area contributed by atoms with Crippen molar-refractivity contribution in [2.75, 3.05) is 32.7 Å². The Morgan fingerprint density at radius 1 is 1.00 bits per heavy atom. The lowest BCUT2D eigenvalue weighted by atomic mass is 10.2. The molecule has 0 aliphatic carbocycles. The molecule has 0 unspecified atom stereocenters. The molecule has 0 saturated carbocycles. The van der Waals surface area contributed by atoms with E-state index in [4.69, 9.17) is 5.11 Å². The van der Waals surface area contributed by atoms with E-state index in [9.17, 15) is 9.59 Å². The molecule has 1 fully saturated rings. The molecule has 1 aliphatic rings. The van der Waals surface area contributed by atoms with Crippen molar-refractivity contribution in [2.24, 2.45) is 0 Å². The highest BCUT2D eigenvalue weighted by molar-refractivity contribution is 6.02. The van der Waals surface area contributed by atoms with Gasteiger partial charge in [-0.3, -0.25) is 9.69 Å². The number of hydrogen-bond acceptors (Lipinski definition) is 5. The molecule has 7 heteroatoms. The third-order valence-corrected chi connectivity index (χ3v) is 4.24. The van der Waals surface area contributed by atoms with Gasteiger partial charge in [-0.05, 0) is 5.56 Å². The second-order valence-corrected chi connectivity index (χ2v) is 5.96. The standard InChI is InChI=1S/C19H20N4O3/c24-18(16-17(19(25)26)21-9-8-20-16)23-13-11-22(12-14-23)10-4-7-15-5-2-1-3-6-15/h1-9H,10-14H2,(H,25,26)/b7-4+. The summed E-state index contributed by atoms with van der Waals surface area (Å²) in [5.41, 5.74) is 0.758. The predicted octanol–water partition coefficient (Wildman–Crippen LogP) is 1.65. The van der Waals surface area contributed by atoms with Crippen LogP contribution in [0, 0.1) is 0 Å². The smallest absolute Gasteiger partial charge is 0.356 e. The Morgan fingerprint density at radius 2 is 1.65 bits per heavy atom. The number of carboxylic acid groups (broad SMARTS) is 1. The van der Waals surface area contributed by atoms with Crippen molar-refractivity contribution >= 4 is 18.0 Å². The van der Waals surface area contributed by atoms with Crippen LogP contribution in [0.5, 0.6) is 0 Å². The van der Waals surface area contributed by atoms with Crippen LogP contribution in [0.3, 0.4) is 0 Å². The van der Waals surface area contributed by atoms with Gasteiger partial charge >= 0.3 is 5.97 Å². The van der Waals surface area contributed by atoms with Crippen LogP contribution in [0.25, 0.3) is 6.08 Å². The Labute approximate surface area is 151 Å². The number of hydrogen-bond donors (Lipinski definition) is 1. The monoisotopic (exact) mass is 352 g/mol. The zero-order chi connectivity index (χ0) is 18.4. The first-order chi connectivity index (χ1) is 12.6. The molecule has 0 radical (unpaired) electrons. The third kappa shape index (κ3) is 4.31. The van der Waals surface area contributed by atoms with Gasteiger partial charge in [0.05, 0.1) is 0 Å². The van der Waals surface area contributed by atoms with Crippen molar-refractivity contribution in [2.45, 2.75) is 0 Å². The van der Waals surface area contributed by atoms with E-state index >= 15 is 0 Å². The first-order valence-corrected chi connectivity index (χ1v) is 8.42. The van der Waals surface area contributed by atoms with Gasteiger partial charge in [0, 0.05) is 45.1 Å². The summed E-state index contributed by atoms with van der Waals surface area (Å²) in [6, 6.07) is 10.1. The SMILES string of the molecule is O=C(O)c1nccnc1C(=O)N1CCN(C/C=C/c2ccccc2)CC1. The molecule has 0 atom stereocenters. The molecule has 1 saturated heterocycles. The maximum atomic E-state index is 12.6. The lowest BCUT2D eigenvalue weighted by molar-refractivity contribution is 0.0616. The highest BCUT2D eigenvalue weighted by atomic mass is 16.4. The van der Waals surface area contributed by atoms with Crippen molar-refractivity contribution in [3.63, 3.8) is 0 Å². The number of aromatic carboxylic acids is 1. The van der Waals surface area contributed by atoms with Gasteiger partial charge in [0.1, 0.15) is 0 Å². The fraction of sp³-hybridized carbons (Fsp3) is 0.263. The number of aromatic nitrogens is 2. The first-order valence-electron chi connectivity index (χ1n) is 8.42. The van der Waals surface area contributed by atoms with Crippen molar-refractivity contribution in [3.8, 4) is 0 Å². The minimum atomic E-state index is -1.24. The zero-order valence-electron chi connectivity index (χ0n) is 14.3. The van der Waals surface area contributed by atoms with Crippen LogP contribution in [0.2, 0.25) is 0 Å². The van der Waals surface area contributed by atoms with Crippen LogP contribution in [-0.2, 0) is 0 Å². The van der Waals surface area contributed by atoms with Gasteiger partial charge < -0.3 is 10.0 Å². The molecule has 2 aromatic rings. The van der Waals surface area contributed by atoms with E-state index in [1.165, 1.54) is 12.4 Å². The molecular formula is C19H20N4O3. The van der Waals surface area contributed by atoms with Crippen molar-refractivity contribution in [3.05, 3.63) is 65.8 Å². The van der Waals surface area contributed by atoms with Gasteiger partial charge in [0.15, 0.2) is 11.4 Å². The van der Waals surface area contributed by atoms with E-state index in [1.54, 1.807) is 4.90 Å². The Morgan fingerprint density at radius 3 is 2.31 bits per heavy atom. The van der Waals surface area contributed by atoms with E-state index in [-0.39, 0.29) is 17.3 Å². The molecule has 1 aliphatic heterocycles. The Hall–Kier alpha value is -3.06. The van der Waals surface area contributed by atoms with Crippen molar-refractivity contribution in [1.29, 1.82) is 0 Å². The second kappa shape index (κ2) is 8.35. The quantitative estimate of drug-likeness (QED) is 0.880. The van der Waals surface area contributed by atoms with Crippen LogP contribution in [0.4, 0.5) is 0 Å². The van der Waals surface area contributed by atoms with Crippen molar-refractivity contribution < 1.29 is 14.7 Å². The normalized spacial score (nSPS) is 15.3. The van der Waals surface area contributed by atoms with E-state index in [2.05, 4.69) is 27.0 Å². The number of carboxylic acids is 1. The fourth-order valence-electron chi connectivity index (χ4n) is 2.84. The molecule has 7 nitrogen and oxygen atoms in total. The molecular weight excluding hydrogens is 332 g/mol. The summed E-state index contributed by atoms with van der Waals surface area (Å²) in [5.74, 6) is -1.62. The molecule has 134 valence electrons. The molecule has 26 heavy (non-hydrogen) atoms. The number of rotatable bonds is 5. The lowest BCUT2D eigenvalue weighted by Gasteiger charge is -2.34. The molecule has 3 rings (SSSR count). The van der Waals surface area contributed by atoms with E-state index in [0.717, 1.165) is 25.2 Å². The van der Waals surface area contributed by atoms with E-state index in [1.807, 2.05) is 30.3 Å². The maximum Gasteiger partial charge on any atom is 0.356 e. The summed E-state index contributed by atoms with van der Waals surface area (Å²) in [6.07, 6.45) is 6.80. The van der Waals surface area contributed by atoms with Gasteiger partial charge in [-0.1, -0.05) is 42.5 Å². The molecule has 1 aromatic heterocycles. The largest absolute Gasteiger partial charge is 0.476 e. The van der Waals surface area contributed by atoms with E-state index < -0.39 is 5.97 Å². The lowest BCUT2D eigenvalue weighted by Crippen LogP contribution is -2.49. The number of nitrogens with zero attached hydrogens (tertiary/aromatic N) is 4. The van der Waals surface area contributed by atoms with Gasteiger partial charge in [-0.25, -0.2) is 14.8 Å². The molecule has 0 bridgehead atoms. The minimum absolute atomic E-state index is 0.0996. The van der Waals surface area contributed by atoms with E-state index in [0.29, 0.717) is 13.1 Å². The highest BCUT2D eigenvalue weighted by Gasteiger charge is 2.26. The Kier molecular flexibility index (Phi) is 5.70. The van der Waals surface area contributed by atoms with Gasteiger partial charge in [0.2, 0.25) is 0 Å². The highest BCUT2D eigenvalue weighted by Crippen LogP contribution is 2.10. The fourth-order valence-corrected chi connectivity index (χ4v) is 2.84. The van der Waals surface area contributed by atoms with Gasteiger partial charge in [0.25, 0.3) is 5.91 Å². The molecule has 1 N–H and O–H groups in total.